The predicted molar refractivity (Wildman–Crippen MR) is 67.3 cm³/mol. The maximum Gasteiger partial charge on any atom is 0.451 e. The van der Waals surface area contributed by atoms with Crippen molar-refractivity contribution in [1.82, 2.24) is 5.01 Å². The summed E-state index contributed by atoms with van der Waals surface area (Å²) < 4.78 is 0. The summed E-state index contributed by atoms with van der Waals surface area (Å²) in [4.78, 5) is 11.4. The van der Waals surface area contributed by atoms with Gasteiger partial charge in [0, 0.05) is 19.0 Å². The molecule has 0 bridgehead atoms. The normalized spacial score (nSPS) is 23.9. The van der Waals surface area contributed by atoms with Gasteiger partial charge in [0.1, 0.15) is 5.54 Å². The van der Waals surface area contributed by atoms with Crippen molar-refractivity contribution in [3.63, 3.8) is 0 Å². The molecule has 0 aromatic heterocycles. The van der Waals surface area contributed by atoms with Gasteiger partial charge >= 0.3 is 13.1 Å². The van der Waals surface area contributed by atoms with E-state index in [0.717, 1.165) is 0 Å². The first-order valence-electron chi connectivity index (χ1n) is 6.24. The molecular weight excluding hydrogens is 237 g/mol. The number of hydrogen-bond donors (Lipinski definition) is 5. The zero-order valence-electron chi connectivity index (χ0n) is 10.5. The molecule has 7 N–H and O–H groups in total. The molecule has 7 nitrogen and oxygen atoms in total. The third kappa shape index (κ3) is 3.92. The first-order chi connectivity index (χ1) is 8.36. The second-order valence-electron chi connectivity index (χ2n) is 5.05. The Bertz CT molecular complexity index is 292. The molecule has 0 aromatic rings. The van der Waals surface area contributed by atoms with E-state index in [-0.39, 0.29) is 12.2 Å². The van der Waals surface area contributed by atoms with Gasteiger partial charge in [-0.3, -0.25) is 10.6 Å². The summed E-state index contributed by atoms with van der Waals surface area (Å²) in [5, 5.41) is 28.3. The number of nitrogens with two attached hydrogens (primary N) is 2. The standard InChI is InChI=1S/C10H22BN3O4/c12-10(9(15)16,4-1-2-5-11(17)18)8-3-6-14(13)7-8/h8,17-18H,1-7,12-13H2,(H,15,16)/t8-,10?/m0/s1. The lowest BCUT2D eigenvalue weighted by Crippen LogP contribution is -2.55. The van der Waals surface area contributed by atoms with E-state index in [4.69, 9.17) is 21.6 Å². The number of hydrogen-bond acceptors (Lipinski definition) is 6. The molecule has 1 heterocycles. The Kier molecular flexibility index (Phi) is 5.55. The summed E-state index contributed by atoms with van der Waals surface area (Å²) >= 11 is 0. The molecule has 1 aliphatic rings. The fourth-order valence-corrected chi connectivity index (χ4v) is 2.44. The van der Waals surface area contributed by atoms with Crippen molar-refractivity contribution < 1.29 is 19.9 Å². The van der Waals surface area contributed by atoms with Gasteiger partial charge in [-0.2, -0.15) is 0 Å². The van der Waals surface area contributed by atoms with Crippen LogP contribution in [0.1, 0.15) is 25.7 Å². The summed E-state index contributed by atoms with van der Waals surface area (Å²) in [6, 6.07) is 0. The van der Waals surface area contributed by atoms with Crippen LogP contribution in [0.3, 0.4) is 0 Å². The van der Waals surface area contributed by atoms with Crippen LogP contribution in [0.15, 0.2) is 0 Å². The molecule has 1 rings (SSSR count). The summed E-state index contributed by atoms with van der Waals surface area (Å²) in [5.74, 6) is 4.47. The molecule has 0 aromatic carbocycles. The molecule has 0 spiro atoms. The highest BCUT2D eigenvalue weighted by atomic mass is 16.4. The minimum atomic E-state index is -1.34. The van der Waals surface area contributed by atoms with E-state index in [1.165, 1.54) is 0 Å². The first-order valence-corrected chi connectivity index (χ1v) is 6.24. The number of unbranched alkanes of at least 4 members (excludes halogenated alkanes) is 1. The number of aliphatic carboxylic acids is 1. The quantitative estimate of drug-likeness (QED) is 0.216. The highest BCUT2D eigenvalue weighted by molar-refractivity contribution is 6.40. The molecular formula is C10H22BN3O4. The Labute approximate surface area is 107 Å². The fraction of sp³-hybridized carbons (Fsp3) is 0.900. The van der Waals surface area contributed by atoms with Crippen LogP contribution < -0.4 is 11.6 Å². The maximum atomic E-state index is 11.4. The summed E-state index contributed by atoms with van der Waals surface area (Å²) in [7, 11) is -1.34. The van der Waals surface area contributed by atoms with Crippen LogP contribution in [0.2, 0.25) is 6.32 Å². The van der Waals surface area contributed by atoms with Crippen LogP contribution in [-0.4, -0.2) is 51.9 Å². The van der Waals surface area contributed by atoms with Gasteiger partial charge < -0.3 is 20.9 Å². The number of carboxylic acids is 1. The minimum absolute atomic E-state index is 0.154. The summed E-state index contributed by atoms with van der Waals surface area (Å²) in [6.07, 6.45) is 2.35. The minimum Gasteiger partial charge on any atom is -0.480 e. The highest BCUT2D eigenvalue weighted by Gasteiger charge is 2.44. The second kappa shape index (κ2) is 6.49. The van der Waals surface area contributed by atoms with Gasteiger partial charge in [-0.05, 0) is 19.2 Å². The Balaban J connectivity index is 2.50. The SMILES string of the molecule is NN1CC[C@H](C(N)(CCCCB(O)O)C(=O)O)C1. The average molecular weight is 259 g/mol. The zero-order valence-corrected chi connectivity index (χ0v) is 10.5. The fourth-order valence-electron chi connectivity index (χ4n) is 2.44. The maximum absolute atomic E-state index is 11.4. The lowest BCUT2D eigenvalue weighted by molar-refractivity contribution is -0.145. The largest absolute Gasteiger partial charge is 0.480 e. The average Bonchev–Trinajstić information content (AvgIpc) is 2.71. The van der Waals surface area contributed by atoms with Crippen LogP contribution in [0.4, 0.5) is 0 Å². The van der Waals surface area contributed by atoms with E-state index in [0.29, 0.717) is 38.8 Å². The van der Waals surface area contributed by atoms with Crippen molar-refractivity contribution in [1.29, 1.82) is 0 Å². The van der Waals surface area contributed by atoms with Crippen LogP contribution in [0.5, 0.6) is 0 Å². The van der Waals surface area contributed by atoms with Gasteiger partial charge in [0.2, 0.25) is 0 Å². The van der Waals surface area contributed by atoms with Crippen molar-refractivity contribution in [3.8, 4) is 0 Å². The molecule has 0 radical (unpaired) electrons. The van der Waals surface area contributed by atoms with Gasteiger partial charge in [0.25, 0.3) is 0 Å². The Hall–Kier alpha value is -0.665. The molecule has 0 aliphatic carbocycles. The Morgan fingerprint density at radius 3 is 2.56 bits per heavy atom. The smallest absolute Gasteiger partial charge is 0.451 e. The third-order valence-corrected chi connectivity index (χ3v) is 3.65. The monoisotopic (exact) mass is 259 g/mol. The molecule has 8 heteroatoms. The van der Waals surface area contributed by atoms with Crippen molar-refractivity contribution in [2.45, 2.75) is 37.5 Å². The lowest BCUT2D eigenvalue weighted by Gasteiger charge is -2.31. The first kappa shape index (κ1) is 15.4. The number of hydrazine groups is 1. The van der Waals surface area contributed by atoms with E-state index in [1.54, 1.807) is 5.01 Å². The number of rotatable bonds is 7. The molecule has 104 valence electrons. The molecule has 0 amide bonds. The van der Waals surface area contributed by atoms with Gasteiger partial charge in [0.05, 0.1) is 0 Å². The van der Waals surface area contributed by atoms with Gasteiger partial charge in [-0.1, -0.05) is 12.8 Å². The second-order valence-corrected chi connectivity index (χ2v) is 5.05. The molecule has 18 heavy (non-hydrogen) atoms. The van der Waals surface area contributed by atoms with Gasteiger partial charge in [0.15, 0.2) is 0 Å². The molecule has 0 saturated carbocycles. The van der Waals surface area contributed by atoms with Crippen LogP contribution in [0, 0.1) is 5.92 Å². The van der Waals surface area contributed by atoms with Crippen LogP contribution in [-0.2, 0) is 4.79 Å². The van der Waals surface area contributed by atoms with Gasteiger partial charge in [-0.25, -0.2) is 5.01 Å². The van der Waals surface area contributed by atoms with E-state index in [2.05, 4.69) is 0 Å². The molecule has 1 aliphatic heterocycles. The lowest BCUT2D eigenvalue weighted by atomic mass is 9.77. The van der Waals surface area contributed by atoms with Crippen molar-refractivity contribution >= 4 is 13.1 Å². The number of carboxylic acid groups (broad SMARTS) is 1. The van der Waals surface area contributed by atoms with Crippen molar-refractivity contribution in [3.05, 3.63) is 0 Å². The number of carbonyl (C=O) groups is 1. The molecule has 1 fully saturated rings. The Morgan fingerprint density at radius 2 is 2.11 bits per heavy atom. The van der Waals surface area contributed by atoms with Crippen LogP contribution >= 0.6 is 0 Å². The van der Waals surface area contributed by atoms with E-state index in [1.807, 2.05) is 0 Å². The molecule has 1 unspecified atom stereocenters. The van der Waals surface area contributed by atoms with E-state index < -0.39 is 18.6 Å². The van der Waals surface area contributed by atoms with Crippen LogP contribution in [0.25, 0.3) is 0 Å². The van der Waals surface area contributed by atoms with Crippen molar-refractivity contribution in [2.75, 3.05) is 13.1 Å². The Morgan fingerprint density at radius 1 is 1.44 bits per heavy atom. The van der Waals surface area contributed by atoms with Gasteiger partial charge in [-0.15, -0.1) is 0 Å². The third-order valence-electron chi connectivity index (χ3n) is 3.65. The van der Waals surface area contributed by atoms with E-state index >= 15 is 0 Å². The number of nitrogens with zero attached hydrogens (tertiary/aromatic N) is 1. The highest BCUT2D eigenvalue weighted by Crippen LogP contribution is 2.29. The summed E-state index contributed by atoms with van der Waals surface area (Å²) in [6.45, 7) is 1.15. The molecule has 2 atom stereocenters. The van der Waals surface area contributed by atoms with E-state index in [9.17, 15) is 9.90 Å². The predicted octanol–water partition coefficient (Wildman–Crippen LogP) is -1.39. The zero-order chi connectivity index (χ0) is 13.8. The van der Waals surface area contributed by atoms with Crippen molar-refractivity contribution in [2.24, 2.45) is 17.5 Å². The topological polar surface area (TPSA) is 133 Å². The summed E-state index contributed by atoms with van der Waals surface area (Å²) in [5.41, 5.74) is 4.75. The molecule has 1 saturated heterocycles.